The molecule has 164 valence electrons. The van der Waals surface area contributed by atoms with E-state index in [0.717, 1.165) is 63.4 Å². The van der Waals surface area contributed by atoms with Crippen LogP contribution in [-0.2, 0) is 4.74 Å². The Morgan fingerprint density at radius 2 is 2.07 bits per heavy atom. The Labute approximate surface area is 196 Å². The normalized spacial score (nSPS) is 22.8. The molecule has 29 heavy (non-hydrogen) atoms. The number of para-hydroxylation sites is 1. The average molecular weight is 535 g/mol. The highest BCUT2D eigenvalue weighted by Crippen LogP contribution is 2.34. The Bertz CT molecular complexity index is 608. The zero-order valence-electron chi connectivity index (χ0n) is 17.6. The van der Waals surface area contributed by atoms with Gasteiger partial charge in [0, 0.05) is 32.4 Å². The van der Waals surface area contributed by atoms with E-state index in [9.17, 15) is 0 Å². The fourth-order valence-electron chi connectivity index (χ4n) is 3.72. The molecule has 0 amide bonds. The number of benzene rings is 1. The maximum absolute atomic E-state index is 5.85. The molecule has 2 fully saturated rings. The van der Waals surface area contributed by atoms with E-state index in [0.29, 0.717) is 6.61 Å². The van der Waals surface area contributed by atoms with E-state index in [2.05, 4.69) is 40.8 Å². The molecule has 1 aromatic rings. The molecule has 8 heteroatoms. The van der Waals surface area contributed by atoms with Crippen LogP contribution in [0.2, 0.25) is 0 Å². The van der Waals surface area contributed by atoms with Gasteiger partial charge >= 0.3 is 0 Å². The zero-order chi connectivity index (χ0) is 19.7. The van der Waals surface area contributed by atoms with Crippen LogP contribution >= 0.6 is 35.7 Å². The fraction of sp³-hybridized carbons (Fsp3) is 0.667. The lowest BCUT2D eigenvalue weighted by Gasteiger charge is -2.42. The van der Waals surface area contributed by atoms with Crippen LogP contribution < -0.4 is 10.1 Å². The highest BCUT2D eigenvalue weighted by molar-refractivity contribution is 14.0. The minimum Gasteiger partial charge on any atom is -0.492 e. The van der Waals surface area contributed by atoms with E-state index >= 15 is 0 Å². The minimum absolute atomic E-state index is 0. The molecule has 2 saturated heterocycles. The number of likely N-dealkylation sites (N-methyl/N-ethyl adjacent to an activating group) is 1. The summed E-state index contributed by atoms with van der Waals surface area (Å²) in [7, 11) is 2.08. The molecule has 3 rings (SSSR count). The number of hydrogen-bond donors (Lipinski definition) is 1. The molecule has 0 radical (unpaired) electrons. The molecular formula is C21H35IN4O2S. The number of morpholine rings is 1. The molecule has 2 aliphatic heterocycles. The van der Waals surface area contributed by atoms with Crippen molar-refractivity contribution in [2.24, 2.45) is 4.99 Å². The number of hydrogen-bond acceptors (Lipinski definition) is 5. The van der Waals surface area contributed by atoms with Crippen LogP contribution in [0.25, 0.3) is 0 Å². The van der Waals surface area contributed by atoms with Crippen molar-refractivity contribution in [2.75, 3.05) is 71.1 Å². The quantitative estimate of drug-likeness (QED) is 0.315. The predicted octanol–water partition coefficient (Wildman–Crippen LogP) is 2.79. The number of nitrogens with one attached hydrogen (secondary N) is 1. The largest absolute Gasteiger partial charge is 0.492 e. The van der Waals surface area contributed by atoms with Gasteiger partial charge in [0.1, 0.15) is 12.4 Å². The lowest BCUT2D eigenvalue weighted by molar-refractivity contribution is -0.0105. The second-order valence-electron chi connectivity index (χ2n) is 7.38. The summed E-state index contributed by atoms with van der Waals surface area (Å²) in [4.78, 5) is 9.83. The van der Waals surface area contributed by atoms with Gasteiger partial charge in [-0.1, -0.05) is 18.2 Å². The number of thioether (sulfide) groups is 1. The molecular weight excluding hydrogens is 499 g/mol. The first-order valence-corrected chi connectivity index (χ1v) is 11.5. The Hall–Kier alpha value is -0.710. The van der Waals surface area contributed by atoms with Gasteiger partial charge in [-0.25, -0.2) is 0 Å². The van der Waals surface area contributed by atoms with Gasteiger partial charge in [0.2, 0.25) is 0 Å². The lowest BCUT2D eigenvalue weighted by Crippen LogP contribution is -2.56. The Balaban J connectivity index is 0.00000300. The number of ether oxygens (including phenoxy) is 2. The summed E-state index contributed by atoms with van der Waals surface area (Å²) in [6, 6.07) is 9.97. The highest BCUT2D eigenvalue weighted by Gasteiger charge is 2.40. The molecule has 2 heterocycles. The molecule has 1 atom stereocenters. The summed E-state index contributed by atoms with van der Waals surface area (Å²) < 4.78 is 11.4. The van der Waals surface area contributed by atoms with Crippen molar-refractivity contribution in [1.82, 2.24) is 15.1 Å². The molecule has 0 bridgehead atoms. The van der Waals surface area contributed by atoms with Crippen molar-refractivity contribution < 1.29 is 9.47 Å². The van der Waals surface area contributed by atoms with Gasteiger partial charge in [0.15, 0.2) is 5.96 Å². The van der Waals surface area contributed by atoms with Crippen LogP contribution in [-0.4, -0.2) is 92.4 Å². The van der Waals surface area contributed by atoms with Crippen molar-refractivity contribution in [2.45, 2.75) is 18.9 Å². The van der Waals surface area contributed by atoms with Crippen LogP contribution in [0.3, 0.4) is 0 Å². The van der Waals surface area contributed by atoms with E-state index < -0.39 is 0 Å². The van der Waals surface area contributed by atoms with Crippen molar-refractivity contribution in [3.05, 3.63) is 30.3 Å². The third kappa shape index (κ3) is 7.18. The smallest absolute Gasteiger partial charge is 0.193 e. The second-order valence-corrected chi connectivity index (χ2v) is 8.48. The summed E-state index contributed by atoms with van der Waals surface area (Å²) in [5.41, 5.74) is 0.177. The molecule has 0 aromatic heterocycles. The molecule has 0 saturated carbocycles. The fourth-order valence-corrected chi connectivity index (χ4v) is 5.19. The summed E-state index contributed by atoms with van der Waals surface area (Å²) in [5, 5.41) is 3.45. The second kappa shape index (κ2) is 12.9. The summed E-state index contributed by atoms with van der Waals surface area (Å²) in [5.74, 6) is 4.26. The molecule has 0 aliphatic carbocycles. The summed E-state index contributed by atoms with van der Waals surface area (Å²) in [6.45, 7) is 8.97. The van der Waals surface area contributed by atoms with Crippen LogP contribution in [0.4, 0.5) is 0 Å². The maximum atomic E-state index is 5.85. The Kier molecular flexibility index (Phi) is 10.9. The monoisotopic (exact) mass is 534 g/mol. The third-order valence-electron chi connectivity index (χ3n) is 5.42. The van der Waals surface area contributed by atoms with E-state index in [-0.39, 0.29) is 29.5 Å². The summed E-state index contributed by atoms with van der Waals surface area (Å²) >= 11 is 2.05. The SMILES string of the molecule is CCNC(=NCC1(N2CCOCC2)CCSC1)N(C)CCOc1ccccc1.I. The first kappa shape index (κ1) is 24.6. The third-order valence-corrected chi connectivity index (χ3v) is 6.66. The molecule has 1 aromatic carbocycles. The van der Waals surface area contributed by atoms with Gasteiger partial charge in [-0.15, -0.1) is 24.0 Å². The highest BCUT2D eigenvalue weighted by atomic mass is 127. The van der Waals surface area contributed by atoms with Crippen LogP contribution in [0.5, 0.6) is 5.75 Å². The lowest BCUT2D eigenvalue weighted by atomic mass is 9.96. The van der Waals surface area contributed by atoms with E-state index in [1.54, 1.807) is 0 Å². The molecule has 6 nitrogen and oxygen atoms in total. The van der Waals surface area contributed by atoms with Crippen molar-refractivity contribution in [1.29, 1.82) is 0 Å². The molecule has 0 spiro atoms. The number of guanidine groups is 1. The van der Waals surface area contributed by atoms with Crippen molar-refractivity contribution in [3.63, 3.8) is 0 Å². The van der Waals surface area contributed by atoms with E-state index in [1.165, 1.54) is 12.2 Å². The number of rotatable bonds is 8. The van der Waals surface area contributed by atoms with E-state index in [1.807, 2.05) is 30.3 Å². The standard InChI is InChI=1S/C21H34N4O2S.HI/c1-3-22-20(24(2)10-15-27-19-7-5-4-6-8-19)23-17-21(9-16-28-18-21)25-11-13-26-14-12-25;/h4-8H,3,9-18H2,1-2H3,(H,22,23);1H. The van der Waals surface area contributed by atoms with Crippen molar-refractivity contribution >= 4 is 41.7 Å². The average Bonchev–Trinajstić information content (AvgIpc) is 3.22. The molecule has 2 aliphatic rings. The van der Waals surface area contributed by atoms with Gasteiger partial charge < -0.3 is 19.7 Å². The number of aliphatic imine (C=N–C) groups is 1. The van der Waals surface area contributed by atoms with Gasteiger partial charge in [-0.3, -0.25) is 9.89 Å². The van der Waals surface area contributed by atoms with Gasteiger partial charge in [0.05, 0.1) is 31.8 Å². The molecule has 1 N–H and O–H groups in total. The maximum Gasteiger partial charge on any atom is 0.193 e. The van der Waals surface area contributed by atoms with Crippen LogP contribution in [0.1, 0.15) is 13.3 Å². The predicted molar refractivity (Wildman–Crippen MR) is 133 cm³/mol. The zero-order valence-corrected chi connectivity index (χ0v) is 20.8. The summed E-state index contributed by atoms with van der Waals surface area (Å²) in [6.07, 6.45) is 1.21. The molecule has 1 unspecified atom stereocenters. The minimum atomic E-state index is 0. The Morgan fingerprint density at radius 1 is 1.31 bits per heavy atom. The van der Waals surface area contributed by atoms with Gasteiger partial charge in [-0.2, -0.15) is 11.8 Å². The number of halogens is 1. The van der Waals surface area contributed by atoms with Crippen LogP contribution in [0.15, 0.2) is 35.3 Å². The number of nitrogens with zero attached hydrogens (tertiary/aromatic N) is 3. The van der Waals surface area contributed by atoms with Crippen molar-refractivity contribution in [3.8, 4) is 5.75 Å². The van der Waals surface area contributed by atoms with Gasteiger partial charge in [0.25, 0.3) is 0 Å². The van der Waals surface area contributed by atoms with Crippen LogP contribution in [0, 0.1) is 0 Å². The van der Waals surface area contributed by atoms with Gasteiger partial charge in [-0.05, 0) is 31.2 Å². The first-order valence-electron chi connectivity index (χ1n) is 10.3. The first-order chi connectivity index (χ1) is 13.7. The topological polar surface area (TPSA) is 49.3 Å². The Morgan fingerprint density at radius 3 is 2.72 bits per heavy atom. The van der Waals surface area contributed by atoms with E-state index in [4.69, 9.17) is 14.5 Å².